The number of benzene rings is 8. The van der Waals surface area contributed by atoms with Crippen LogP contribution in [-0.4, -0.2) is 7.28 Å². The van der Waals surface area contributed by atoms with Gasteiger partial charge in [-0.2, -0.15) is 0 Å². The minimum Gasteiger partial charge on any atom is -0.456 e. The summed E-state index contributed by atoms with van der Waals surface area (Å²) >= 11 is 0. The molecule has 2 aliphatic heterocycles. The van der Waals surface area contributed by atoms with Crippen LogP contribution in [0.3, 0.4) is 0 Å². The molecule has 1 N–H and O–H groups in total. The molecule has 1 aromatic heterocycles. The molecule has 0 bridgehead atoms. The normalized spacial score (nSPS) is 13.5. The van der Waals surface area contributed by atoms with Gasteiger partial charge in [0.05, 0.1) is 5.69 Å². The quantitative estimate of drug-likeness (QED) is 0.181. The summed E-state index contributed by atoms with van der Waals surface area (Å²) in [7, 11) is 2.42. The highest BCUT2D eigenvalue weighted by Crippen LogP contribution is 2.53. The number of fused-ring (bicyclic) bond motifs is 7. The summed E-state index contributed by atoms with van der Waals surface area (Å²) in [6, 6.07) is 63.2. The van der Waals surface area contributed by atoms with Crippen molar-refractivity contribution in [3.63, 3.8) is 0 Å². The first-order valence-electron chi connectivity index (χ1n) is 19.0. The molecule has 0 fully saturated rings. The fourth-order valence-electron chi connectivity index (χ4n) is 9.03. The smallest absolute Gasteiger partial charge is 0.197 e. The molecule has 0 amide bonds. The summed E-state index contributed by atoms with van der Waals surface area (Å²) in [5.41, 5.74) is 19.2. The van der Waals surface area contributed by atoms with Gasteiger partial charge in [0, 0.05) is 50.6 Å². The molecule has 9 aromatic rings. The van der Waals surface area contributed by atoms with Gasteiger partial charge in [-0.15, -0.1) is 0 Å². The van der Waals surface area contributed by atoms with E-state index in [1.165, 1.54) is 50.1 Å². The average Bonchev–Trinajstić information content (AvgIpc) is 3.60. The lowest BCUT2D eigenvalue weighted by Gasteiger charge is -2.46. The van der Waals surface area contributed by atoms with Crippen molar-refractivity contribution in [2.75, 3.05) is 10.2 Å². The minimum atomic E-state index is -0.161. The second kappa shape index (κ2) is 12.1. The molecule has 2 aliphatic rings. The largest absolute Gasteiger partial charge is 0.456 e. The summed E-state index contributed by atoms with van der Waals surface area (Å²) in [6.45, 7) is 4.70. The van der Waals surface area contributed by atoms with E-state index in [0.717, 1.165) is 55.7 Å². The first-order valence-corrected chi connectivity index (χ1v) is 19.0. The molecule has 8 aromatic carbocycles. The average molecular weight is 704 g/mol. The Morgan fingerprint density at radius 1 is 0.545 bits per heavy atom. The Kier molecular flexibility index (Phi) is 6.99. The van der Waals surface area contributed by atoms with Gasteiger partial charge in [0.1, 0.15) is 11.2 Å². The molecule has 3 nitrogen and oxygen atoms in total. The number of para-hydroxylation sites is 3. The SMILES string of the molecule is CC1(C)c2ccccc2N2c3cc4oc5ccccc5c4c(-c4cc(-c5ccccc5)ccc4Nc4cccc(-c5ccccc5)c4)c3[B]c3cccc1c32. The van der Waals surface area contributed by atoms with Crippen molar-refractivity contribution >= 4 is 68.6 Å². The van der Waals surface area contributed by atoms with E-state index in [1.807, 2.05) is 0 Å². The van der Waals surface area contributed by atoms with Crippen molar-refractivity contribution < 1.29 is 4.42 Å². The van der Waals surface area contributed by atoms with Crippen LogP contribution in [0.4, 0.5) is 28.4 Å². The van der Waals surface area contributed by atoms with Crippen LogP contribution < -0.4 is 21.1 Å². The van der Waals surface area contributed by atoms with Crippen molar-refractivity contribution in [1.29, 1.82) is 0 Å². The van der Waals surface area contributed by atoms with Gasteiger partial charge in [0.25, 0.3) is 0 Å². The van der Waals surface area contributed by atoms with E-state index in [1.54, 1.807) is 0 Å². The zero-order valence-corrected chi connectivity index (χ0v) is 30.7. The molecule has 0 atom stereocenters. The van der Waals surface area contributed by atoms with E-state index in [-0.39, 0.29) is 5.41 Å². The Morgan fingerprint density at radius 2 is 1.22 bits per heavy atom. The molecule has 0 spiro atoms. The van der Waals surface area contributed by atoms with E-state index < -0.39 is 0 Å². The highest BCUT2D eigenvalue weighted by Gasteiger charge is 2.41. The number of furan rings is 1. The lowest BCUT2D eigenvalue weighted by Crippen LogP contribution is -2.45. The fraction of sp³-hybridized carbons (Fsp3) is 0.0588. The summed E-state index contributed by atoms with van der Waals surface area (Å²) in [4.78, 5) is 2.49. The Labute approximate surface area is 321 Å². The van der Waals surface area contributed by atoms with Crippen LogP contribution in [0, 0.1) is 0 Å². The lowest BCUT2D eigenvalue weighted by molar-refractivity contribution is 0.632. The molecule has 4 heteroatoms. The van der Waals surface area contributed by atoms with Crippen LogP contribution in [0.5, 0.6) is 0 Å². The molecule has 55 heavy (non-hydrogen) atoms. The van der Waals surface area contributed by atoms with Gasteiger partial charge in [0.2, 0.25) is 0 Å². The summed E-state index contributed by atoms with van der Waals surface area (Å²) in [5, 5.41) is 6.12. The molecule has 0 unspecified atom stereocenters. The van der Waals surface area contributed by atoms with Gasteiger partial charge in [-0.25, -0.2) is 0 Å². The van der Waals surface area contributed by atoms with Crippen LogP contribution in [0.1, 0.15) is 25.0 Å². The Morgan fingerprint density at radius 3 is 2.04 bits per heavy atom. The second-order valence-electron chi connectivity index (χ2n) is 15.2. The Hall–Kier alpha value is -6.78. The molecule has 259 valence electrons. The topological polar surface area (TPSA) is 28.4 Å². The highest BCUT2D eigenvalue weighted by molar-refractivity contribution is 6.74. The standard InChI is InChI=1S/C51H36BN2O/c1-51(2)39-22-10-11-25-43(39)54-44-31-46-47(37-21-9-12-26-45(37)55-46)48(49(44)52-41-24-14-23-40(51)50(41)54)38-30-35(33-17-7-4-8-18-33)27-28-42(38)53-36-20-13-19-34(29-36)32-15-5-3-6-16-32/h3-31,53H,1-2H3. The van der Waals surface area contributed by atoms with Crippen LogP contribution in [-0.2, 0) is 5.41 Å². The van der Waals surface area contributed by atoms with E-state index >= 15 is 0 Å². The molecule has 0 saturated carbocycles. The number of anilines is 5. The maximum Gasteiger partial charge on any atom is 0.197 e. The van der Waals surface area contributed by atoms with E-state index in [0.29, 0.717) is 0 Å². The van der Waals surface area contributed by atoms with Crippen molar-refractivity contribution in [2.45, 2.75) is 19.3 Å². The number of nitrogens with zero attached hydrogens (tertiary/aromatic N) is 1. The zero-order chi connectivity index (χ0) is 36.7. The van der Waals surface area contributed by atoms with Crippen molar-refractivity contribution in [2.24, 2.45) is 0 Å². The third-order valence-electron chi connectivity index (χ3n) is 11.7. The molecule has 11 rings (SSSR count). The number of rotatable bonds is 5. The van der Waals surface area contributed by atoms with Gasteiger partial charge in [-0.05, 0) is 80.8 Å². The van der Waals surface area contributed by atoms with Gasteiger partial charge < -0.3 is 14.6 Å². The number of nitrogens with one attached hydrogen (secondary N) is 1. The van der Waals surface area contributed by atoms with E-state index in [9.17, 15) is 0 Å². The first kappa shape index (κ1) is 31.7. The first-order chi connectivity index (χ1) is 27.0. The Balaban J connectivity index is 1.21. The third-order valence-corrected chi connectivity index (χ3v) is 11.7. The van der Waals surface area contributed by atoms with Gasteiger partial charge in [-0.3, -0.25) is 0 Å². The summed E-state index contributed by atoms with van der Waals surface area (Å²) < 4.78 is 6.82. The van der Waals surface area contributed by atoms with Gasteiger partial charge in [0.15, 0.2) is 7.28 Å². The monoisotopic (exact) mass is 703 g/mol. The molecule has 3 heterocycles. The van der Waals surface area contributed by atoms with Gasteiger partial charge >= 0.3 is 0 Å². The second-order valence-corrected chi connectivity index (χ2v) is 15.2. The zero-order valence-electron chi connectivity index (χ0n) is 30.7. The maximum atomic E-state index is 6.82. The molecule has 0 aliphatic carbocycles. The molecule has 1 radical (unpaired) electrons. The van der Waals surface area contributed by atoms with E-state index in [4.69, 9.17) is 4.42 Å². The van der Waals surface area contributed by atoms with Crippen molar-refractivity contribution in [3.8, 4) is 33.4 Å². The van der Waals surface area contributed by atoms with Crippen LogP contribution in [0.15, 0.2) is 180 Å². The number of hydrogen-bond donors (Lipinski definition) is 1. The predicted molar refractivity (Wildman–Crippen MR) is 232 cm³/mol. The van der Waals surface area contributed by atoms with Crippen molar-refractivity contribution in [3.05, 3.63) is 187 Å². The van der Waals surface area contributed by atoms with E-state index in [2.05, 4.69) is 207 Å². The van der Waals surface area contributed by atoms with Gasteiger partial charge in [-0.1, -0.05) is 153 Å². The maximum absolute atomic E-state index is 6.82. The fourth-order valence-corrected chi connectivity index (χ4v) is 9.03. The summed E-state index contributed by atoms with van der Waals surface area (Å²) in [5.74, 6) is 0. The van der Waals surface area contributed by atoms with Crippen LogP contribution in [0.25, 0.3) is 55.3 Å². The molecular weight excluding hydrogens is 667 g/mol. The van der Waals surface area contributed by atoms with Crippen molar-refractivity contribution in [1.82, 2.24) is 0 Å². The molecular formula is C51H36BN2O. The summed E-state index contributed by atoms with van der Waals surface area (Å²) in [6.07, 6.45) is 0. The highest BCUT2D eigenvalue weighted by atomic mass is 16.3. The minimum absolute atomic E-state index is 0.161. The van der Waals surface area contributed by atoms with Crippen LogP contribution in [0.2, 0.25) is 0 Å². The number of hydrogen-bond acceptors (Lipinski definition) is 3. The Bertz CT molecular complexity index is 2960. The predicted octanol–water partition coefficient (Wildman–Crippen LogP) is 12.4. The lowest BCUT2D eigenvalue weighted by atomic mass is 9.55. The van der Waals surface area contributed by atoms with Crippen LogP contribution >= 0.6 is 0 Å². The third kappa shape index (κ3) is 4.91. The molecule has 0 saturated heterocycles.